The lowest BCUT2D eigenvalue weighted by Gasteiger charge is -1.76. The molecule has 0 unspecified atom stereocenters. The van der Waals surface area contributed by atoms with E-state index >= 15 is 0 Å². The molecule has 0 amide bonds. The first-order valence-corrected chi connectivity index (χ1v) is 2.47. The maximum absolute atomic E-state index is 7.23. The average molecular weight is 146 g/mol. The van der Waals surface area contributed by atoms with Crippen molar-refractivity contribution in [2.75, 3.05) is 0 Å². The summed E-state index contributed by atoms with van der Waals surface area (Å²) in [5.41, 5.74) is 0. The Balaban J connectivity index is -0.0000000542. The van der Waals surface area contributed by atoms with Crippen LogP contribution in [0.2, 0.25) is 0 Å². The van der Waals surface area contributed by atoms with Crippen LogP contribution in [-0.4, -0.2) is 14.7 Å². The van der Waals surface area contributed by atoms with Crippen molar-refractivity contribution in [3.63, 3.8) is 0 Å². The molecule has 8 heavy (non-hydrogen) atoms. The molecule has 0 saturated carbocycles. The normalized spacial score (nSPS) is 6.00. The van der Waals surface area contributed by atoms with E-state index in [1.807, 2.05) is 0 Å². The molecule has 0 atom stereocenters. The highest BCUT2D eigenvalue weighted by Crippen LogP contribution is 2.11. The van der Waals surface area contributed by atoms with E-state index in [1.165, 1.54) is 0 Å². The van der Waals surface area contributed by atoms with Gasteiger partial charge in [0.25, 0.3) is 0 Å². The molecule has 0 bridgehead atoms. The molecule has 11 N–H and O–H groups in total. The lowest BCUT2D eigenvalue weighted by atomic mass is 13.0. The standard InChI is InChI=1S/2H4N2.H3O3P/c2*1-2;1-4(2)3/h2*1-2H2;1-3H. The van der Waals surface area contributed by atoms with Crippen molar-refractivity contribution >= 4 is 8.60 Å². The second kappa shape index (κ2) is 27.3. The molecule has 0 fully saturated rings. The van der Waals surface area contributed by atoms with Gasteiger partial charge < -0.3 is 14.7 Å². The molecular formula is H11N4O3P. The summed E-state index contributed by atoms with van der Waals surface area (Å²) in [7, 11) is -2.62. The molecule has 0 aromatic carbocycles. The Hall–Kier alpha value is 0.150. The highest BCUT2D eigenvalue weighted by molar-refractivity contribution is 7.38. The van der Waals surface area contributed by atoms with Crippen LogP contribution < -0.4 is 23.4 Å². The van der Waals surface area contributed by atoms with Gasteiger partial charge in [-0.1, -0.05) is 0 Å². The van der Waals surface area contributed by atoms with Crippen LogP contribution in [0.4, 0.5) is 0 Å². The molecular weight excluding hydrogens is 135 g/mol. The second-order valence-electron chi connectivity index (χ2n) is 0.268. The van der Waals surface area contributed by atoms with Crippen molar-refractivity contribution in [1.29, 1.82) is 0 Å². The maximum atomic E-state index is 7.23. The van der Waals surface area contributed by atoms with Crippen molar-refractivity contribution in [2.24, 2.45) is 23.4 Å². The molecule has 0 saturated heterocycles. The van der Waals surface area contributed by atoms with Crippen LogP contribution in [0, 0.1) is 0 Å². The van der Waals surface area contributed by atoms with Crippen LogP contribution in [0.5, 0.6) is 0 Å². The number of hydrazine groups is 2. The fourth-order valence-corrected chi connectivity index (χ4v) is 0. The van der Waals surface area contributed by atoms with E-state index in [0.717, 1.165) is 0 Å². The minimum atomic E-state index is -2.62. The van der Waals surface area contributed by atoms with Crippen LogP contribution in [0.1, 0.15) is 0 Å². The predicted molar refractivity (Wildman–Crippen MR) is 30.3 cm³/mol. The Labute approximate surface area is 47.8 Å². The highest BCUT2D eigenvalue weighted by atomic mass is 31.2. The second-order valence-corrected chi connectivity index (χ2v) is 0.805. The molecule has 7 nitrogen and oxygen atoms in total. The van der Waals surface area contributed by atoms with Gasteiger partial charge in [0.1, 0.15) is 0 Å². The summed E-state index contributed by atoms with van der Waals surface area (Å²) < 4.78 is 0. The highest BCUT2D eigenvalue weighted by Gasteiger charge is 1.76. The smallest absolute Gasteiger partial charge is 0.324 e. The Morgan fingerprint density at radius 3 is 0.750 bits per heavy atom. The lowest BCUT2D eigenvalue weighted by Crippen LogP contribution is -2.02. The Bertz CT molecular complexity index is 16.0. The molecule has 8 heteroatoms. The predicted octanol–water partition coefficient (Wildman–Crippen LogP) is -3.17. The topological polar surface area (TPSA) is 165 Å². The summed E-state index contributed by atoms with van der Waals surface area (Å²) in [6.45, 7) is 0. The quantitative estimate of drug-likeness (QED) is 0.107. The third-order valence-electron chi connectivity index (χ3n) is 0. The SMILES string of the molecule is NN.NN.OP(O)O. The fraction of sp³-hybridized carbons (Fsp3) is 0. The summed E-state index contributed by atoms with van der Waals surface area (Å²) in [5, 5.41) is 0. The molecule has 0 aliphatic heterocycles. The third kappa shape index (κ3) is 7250. The molecule has 0 rings (SSSR count). The number of hydrogen-bond donors (Lipinski definition) is 7. The van der Waals surface area contributed by atoms with Gasteiger partial charge in [-0.05, 0) is 0 Å². The summed E-state index contributed by atoms with van der Waals surface area (Å²) in [4.78, 5) is 21.7. The first kappa shape index (κ1) is 15.7. The summed E-state index contributed by atoms with van der Waals surface area (Å²) in [5.74, 6) is 16.0. The fourth-order valence-electron chi connectivity index (χ4n) is 0. The molecule has 0 radical (unpaired) electrons. The van der Waals surface area contributed by atoms with E-state index in [9.17, 15) is 0 Å². The van der Waals surface area contributed by atoms with Gasteiger partial charge in [-0.3, -0.25) is 23.4 Å². The Kier molecular flexibility index (Phi) is 53.5. The van der Waals surface area contributed by atoms with Gasteiger partial charge in [-0.25, -0.2) is 0 Å². The van der Waals surface area contributed by atoms with E-state index < -0.39 is 8.60 Å². The first-order valence-electron chi connectivity index (χ1n) is 1.27. The van der Waals surface area contributed by atoms with E-state index in [2.05, 4.69) is 23.4 Å². The monoisotopic (exact) mass is 146 g/mol. The van der Waals surface area contributed by atoms with Crippen molar-refractivity contribution in [1.82, 2.24) is 0 Å². The van der Waals surface area contributed by atoms with Crippen LogP contribution in [0.15, 0.2) is 0 Å². The van der Waals surface area contributed by atoms with Crippen molar-refractivity contribution in [3.8, 4) is 0 Å². The molecule has 54 valence electrons. The summed E-state index contributed by atoms with van der Waals surface area (Å²) in [6.07, 6.45) is 0. The number of nitrogens with two attached hydrogens (primary N) is 4. The molecule has 0 aromatic heterocycles. The largest absolute Gasteiger partial charge is 0.328 e. The van der Waals surface area contributed by atoms with E-state index in [4.69, 9.17) is 14.7 Å². The van der Waals surface area contributed by atoms with Gasteiger partial charge in [-0.15, -0.1) is 0 Å². The van der Waals surface area contributed by atoms with Crippen molar-refractivity contribution in [3.05, 3.63) is 0 Å². The zero-order chi connectivity index (χ0) is 7.58. The van der Waals surface area contributed by atoms with Crippen LogP contribution >= 0.6 is 8.60 Å². The molecule has 0 heterocycles. The number of rotatable bonds is 0. The van der Waals surface area contributed by atoms with Gasteiger partial charge in [0.2, 0.25) is 0 Å². The summed E-state index contributed by atoms with van der Waals surface area (Å²) >= 11 is 0. The summed E-state index contributed by atoms with van der Waals surface area (Å²) in [6, 6.07) is 0. The minimum absolute atomic E-state index is 2.62. The third-order valence-corrected chi connectivity index (χ3v) is 0. The maximum Gasteiger partial charge on any atom is 0.324 e. The molecule has 0 aromatic rings. The number of hydrogen-bond acceptors (Lipinski definition) is 7. The van der Waals surface area contributed by atoms with Crippen LogP contribution in [-0.2, 0) is 0 Å². The van der Waals surface area contributed by atoms with Crippen molar-refractivity contribution < 1.29 is 14.7 Å². The molecule has 0 aliphatic rings. The van der Waals surface area contributed by atoms with Gasteiger partial charge in [0.05, 0.1) is 0 Å². The van der Waals surface area contributed by atoms with Gasteiger partial charge in [0.15, 0.2) is 0 Å². The zero-order valence-corrected chi connectivity index (χ0v) is 4.99. The van der Waals surface area contributed by atoms with Gasteiger partial charge in [0, 0.05) is 0 Å². The lowest BCUT2D eigenvalue weighted by molar-refractivity contribution is 0.368. The van der Waals surface area contributed by atoms with Gasteiger partial charge >= 0.3 is 8.60 Å². The van der Waals surface area contributed by atoms with E-state index in [-0.39, 0.29) is 0 Å². The van der Waals surface area contributed by atoms with Crippen LogP contribution in [0.3, 0.4) is 0 Å². The average Bonchev–Trinajstić information content (AvgIpc) is 1.75. The van der Waals surface area contributed by atoms with E-state index in [1.54, 1.807) is 0 Å². The van der Waals surface area contributed by atoms with E-state index in [0.29, 0.717) is 0 Å². The Morgan fingerprint density at radius 2 is 0.750 bits per heavy atom. The van der Waals surface area contributed by atoms with Crippen molar-refractivity contribution in [2.45, 2.75) is 0 Å². The Morgan fingerprint density at radius 1 is 0.750 bits per heavy atom. The minimum Gasteiger partial charge on any atom is -0.328 e. The molecule has 0 aliphatic carbocycles. The van der Waals surface area contributed by atoms with Gasteiger partial charge in [-0.2, -0.15) is 0 Å². The zero-order valence-electron chi connectivity index (χ0n) is 4.10. The molecule has 0 spiro atoms. The van der Waals surface area contributed by atoms with Crippen LogP contribution in [0.25, 0.3) is 0 Å². The first-order chi connectivity index (χ1) is 3.73.